The fraction of sp³-hybridized carbons (Fsp3) is 0.857. The first kappa shape index (κ1) is 7.38. The predicted molar refractivity (Wildman–Crippen MR) is 37.7 cm³/mol. The van der Waals surface area contributed by atoms with Crippen molar-refractivity contribution < 1.29 is 9.53 Å². The van der Waals surface area contributed by atoms with E-state index < -0.39 is 0 Å². The van der Waals surface area contributed by atoms with Crippen molar-refractivity contribution in [2.24, 2.45) is 5.92 Å². The molecule has 1 atom stereocenters. The van der Waals surface area contributed by atoms with Crippen LogP contribution in [0.1, 0.15) is 20.8 Å². The fourth-order valence-electron chi connectivity index (χ4n) is 0.858. The van der Waals surface area contributed by atoms with Gasteiger partial charge in [0, 0.05) is 12.5 Å². The predicted octanol–water partition coefficient (Wildman–Crippen LogP) is 1.14. The average molecular weight is 143 g/mol. The van der Waals surface area contributed by atoms with Gasteiger partial charge in [-0.1, -0.05) is 6.92 Å². The Balaban J connectivity index is 2.63. The molecule has 0 aromatic heterocycles. The van der Waals surface area contributed by atoms with Crippen LogP contribution in [0.3, 0.4) is 0 Å². The topological polar surface area (TPSA) is 38.3 Å². The molecule has 1 rings (SSSR count). The number of hydrogen-bond donors (Lipinski definition) is 1. The van der Waals surface area contributed by atoms with Gasteiger partial charge in [-0.2, -0.15) is 0 Å². The highest BCUT2D eigenvalue weighted by Crippen LogP contribution is 2.23. The number of carbonyl (C=O) groups is 1. The van der Waals surface area contributed by atoms with Gasteiger partial charge in [0.25, 0.3) is 0 Å². The molecule has 3 heteroatoms. The smallest absolute Gasteiger partial charge is 0.407 e. The number of cyclic esters (lactones) is 1. The molecule has 0 aromatic carbocycles. The Morgan fingerprint density at radius 3 is 2.70 bits per heavy atom. The number of ether oxygens (including phenoxy) is 1. The van der Waals surface area contributed by atoms with Crippen LogP contribution in [0, 0.1) is 5.92 Å². The van der Waals surface area contributed by atoms with Crippen molar-refractivity contribution in [1.29, 1.82) is 0 Å². The quantitative estimate of drug-likeness (QED) is 0.552. The first-order chi connectivity index (χ1) is 4.52. The molecule has 10 heavy (non-hydrogen) atoms. The summed E-state index contributed by atoms with van der Waals surface area (Å²) in [6, 6.07) is 0. The van der Waals surface area contributed by atoms with Gasteiger partial charge in [-0.25, -0.2) is 4.79 Å². The van der Waals surface area contributed by atoms with E-state index in [9.17, 15) is 4.79 Å². The molecule has 58 valence electrons. The van der Waals surface area contributed by atoms with Gasteiger partial charge in [0.05, 0.1) is 0 Å². The minimum Gasteiger partial charge on any atom is -0.443 e. The average Bonchev–Trinajstić information content (AvgIpc) is 1.78. The lowest BCUT2D eigenvalue weighted by molar-refractivity contribution is -0.0214. The Morgan fingerprint density at radius 2 is 2.30 bits per heavy atom. The van der Waals surface area contributed by atoms with Gasteiger partial charge in [-0.3, -0.25) is 0 Å². The van der Waals surface area contributed by atoms with Crippen molar-refractivity contribution >= 4 is 6.09 Å². The highest BCUT2D eigenvalue weighted by atomic mass is 16.6. The molecule has 1 aliphatic heterocycles. The molecular weight excluding hydrogens is 130 g/mol. The molecule has 1 aliphatic rings. The van der Waals surface area contributed by atoms with E-state index in [1.54, 1.807) is 0 Å². The zero-order valence-electron chi connectivity index (χ0n) is 6.60. The van der Waals surface area contributed by atoms with E-state index in [2.05, 4.69) is 12.2 Å². The summed E-state index contributed by atoms with van der Waals surface area (Å²) in [6.07, 6.45) is -0.303. The van der Waals surface area contributed by atoms with Gasteiger partial charge in [0.15, 0.2) is 0 Å². The first-order valence-corrected chi connectivity index (χ1v) is 3.49. The van der Waals surface area contributed by atoms with E-state index in [-0.39, 0.29) is 11.7 Å². The molecule has 1 fully saturated rings. The second kappa shape index (κ2) is 2.15. The molecule has 0 saturated carbocycles. The van der Waals surface area contributed by atoms with Crippen LogP contribution >= 0.6 is 0 Å². The Bertz CT molecular complexity index is 154. The van der Waals surface area contributed by atoms with E-state index >= 15 is 0 Å². The Kier molecular flexibility index (Phi) is 1.58. The molecule has 0 spiro atoms. The Labute approximate surface area is 60.7 Å². The molecule has 1 amide bonds. The SMILES string of the molecule is CC1CNC(=O)OC1(C)C. The van der Waals surface area contributed by atoms with Gasteiger partial charge in [-0.15, -0.1) is 0 Å². The normalized spacial score (nSPS) is 30.7. The maximum Gasteiger partial charge on any atom is 0.407 e. The van der Waals surface area contributed by atoms with Crippen molar-refractivity contribution in [2.75, 3.05) is 6.54 Å². The number of carbonyl (C=O) groups excluding carboxylic acids is 1. The zero-order chi connectivity index (χ0) is 7.78. The number of alkyl carbamates (subject to hydrolysis) is 1. The molecule has 1 heterocycles. The van der Waals surface area contributed by atoms with Gasteiger partial charge in [0.2, 0.25) is 0 Å². The van der Waals surface area contributed by atoms with Crippen molar-refractivity contribution in [1.82, 2.24) is 5.32 Å². The third-order valence-electron chi connectivity index (χ3n) is 2.10. The van der Waals surface area contributed by atoms with Crippen molar-refractivity contribution in [3.8, 4) is 0 Å². The third kappa shape index (κ3) is 1.23. The lowest BCUT2D eigenvalue weighted by Gasteiger charge is -2.35. The van der Waals surface area contributed by atoms with Crippen LogP contribution in [-0.4, -0.2) is 18.2 Å². The van der Waals surface area contributed by atoms with Crippen molar-refractivity contribution in [3.63, 3.8) is 0 Å². The molecule has 1 N–H and O–H groups in total. The summed E-state index contributed by atoms with van der Waals surface area (Å²) in [5, 5.41) is 2.63. The molecule has 3 nitrogen and oxygen atoms in total. The molecule has 0 aromatic rings. The van der Waals surface area contributed by atoms with E-state index in [0.29, 0.717) is 12.5 Å². The minimum absolute atomic E-state index is 0.303. The van der Waals surface area contributed by atoms with E-state index in [1.807, 2.05) is 13.8 Å². The molecule has 1 saturated heterocycles. The summed E-state index contributed by atoms with van der Waals surface area (Å²) < 4.78 is 5.04. The summed E-state index contributed by atoms with van der Waals surface area (Å²) in [7, 11) is 0. The second-order valence-electron chi connectivity index (χ2n) is 3.27. The van der Waals surface area contributed by atoms with Crippen molar-refractivity contribution in [3.05, 3.63) is 0 Å². The molecule has 0 bridgehead atoms. The van der Waals surface area contributed by atoms with Crippen LogP contribution < -0.4 is 5.32 Å². The van der Waals surface area contributed by atoms with Crippen LogP contribution in [0.15, 0.2) is 0 Å². The summed E-state index contributed by atoms with van der Waals surface area (Å²) in [6.45, 7) is 6.62. The summed E-state index contributed by atoms with van der Waals surface area (Å²) in [4.78, 5) is 10.7. The largest absolute Gasteiger partial charge is 0.443 e. The second-order valence-corrected chi connectivity index (χ2v) is 3.27. The lowest BCUT2D eigenvalue weighted by Crippen LogP contribution is -2.49. The Hall–Kier alpha value is -0.730. The van der Waals surface area contributed by atoms with E-state index in [1.165, 1.54) is 0 Å². The monoisotopic (exact) mass is 143 g/mol. The van der Waals surface area contributed by atoms with Crippen molar-refractivity contribution in [2.45, 2.75) is 26.4 Å². The maximum absolute atomic E-state index is 10.7. The fourth-order valence-corrected chi connectivity index (χ4v) is 0.858. The number of rotatable bonds is 0. The zero-order valence-corrected chi connectivity index (χ0v) is 6.60. The van der Waals surface area contributed by atoms with Crippen LogP contribution in [0.4, 0.5) is 4.79 Å². The van der Waals surface area contributed by atoms with Crippen LogP contribution in [0.5, 0.6) is 0 Å². The number of nitrogens with one attached hydrogen (secondary N) is 1. The third-order valence-corrected chi connectivity index (χ3v) is 2.10. The van der Waals surface area contributed by atoms with Gasteiger partial charge in [-0.05, 0) is 13.8 Å². The highest BCUT2D eigenvalue weighted by molar-refractivity contribution is 5.68. The summed E-state index contributed by atoms with van der Waals surface area (Å²) >= 11 is 0. The Morgan fingerprint density at radius 1 is 1.70 bits per heavy atom. The maximum atomic E-state index is 10.7. The summed E-state index contributed by atoms with van der Waals surface area (Å²) in [5.74, 6) is 0.380. The van der Waals surface area contributed by atoms with Crippen LogP contribution in [0.2, 0.25) is 0 Å². The lowest BCUT2D eigenvalue weighted by atomic mass is 9.92. The molecule has 0 aliphatic carbocycles. The van der Waals surface area contributed by atoms with Crippen LogP contribution in [0.25, 0.3) is 0 Å². The standard InChI is InChI=1S/C7H13NO2/c1-5-4-8-6(9)10-7(5,2)3/h5H,4H2,1-3H3,(H,8,9). The minimum atomic E-state index is -0.303. The highest BCUT2D eigenvalue weighted by Gasteiger charge is 2.34. The molecule has 0 radical (unpaired) electrons. The van der Waals surface area contributed by atoms with Gasteiger partial charge < -0.3 is 10.1 Å². The van der Waals surface area contributed by atoms with E-state index in [4.69, 9.17) is 4.74 Å². The first-order valence-electron chi connectivity index (χ1n) is 3.49. The van der Waals surface area contributed by atoms with Gasteiger partial charge in [0.1, 0.15) is 5.60 Å². The number of amides is 1. The van der Waals surface area contributed by atoms with Gasteiger partial charge >= 0.3 is 6.09 Å². The van der Waals surface area contributed by atoms with Crippen LogP contribution in [-0.2, 0) is 4.74 Å². The molecule has 1 unspecified atom stereocenters. The number of hydrogen-bond acceptors (Lipinski definition) is 2. The molecular formula is C7H13NO2. The summed E-state index contributed by atoms with van der Waals surface area (Å²) in [5.41, 5.74) is -0.303. The van der Waals surface area contributed by atoms with E-state index in [0.717, 1.165) is 0 Å².